The van der Waals surface area contributed by atoms with Gasteiger partial charge in [0.1, 0.15) is 10.6 Å². The molecule has 29 heavy (non-hydrogen) atoms. The lowest BCUT2D eigenvalue weighted by Gasteiger charge is -2.21. The first-order valence-electron chi connectivity index (χ1n) is 9.11. The molecule has 154 valence electrons. The van der Waals surface area contributed by atoms with Crippen LogP contribution < -0.4 is 14.4 Å². The van der Waals surface area contributed by atoms with Gasteiger partial charge in [0.2, 0.25) is 0 Å². The third kappa shape index (κ3) is 4.23. The highest BCUT2D eigenvalue weighted by atomic mass is 32.2. The summed E-state index contributed by atoms with van der Waals surface area (Å²) in [5.74, 6) is 0.167. The number of aryl methyl sites for hydroxylation is 1. The number of hydrogen-bond donors (Lipinski definition) is 1. The van der Waals surface area contributed by atoms with Crippen LogP contribution in [0.3, 0.4) is 0 Å². The Morgan fingerprint density at radius 1 is 1.14 bits per heavy atom. The topological polar surface area (TPSA) is 75.7 Å². The van der Waals surface area contributed by atoms with E-state index in [4.69, 9.17) is 4.74 Å². The second-order valence-electron chi connectivity index (χ2n) is 7.09. The Bertz CT molecular complexity index is 1170. The highest BCUT2D eigenvalue weighted by molar-refractivity contribution is 7.93. The standard InChI is InChI=1S/C21H24N2O4S2/c1-13(2)22-21(24)19-12-15-11-16(7-9-18(15)28-19)23(4)29(25,26)20-10-14(3)6-8-17(20)27-5/h6-13H,1-5H3,(H,22,24). The molecule has 0 aliphatic carbocycles. The van der Waals surface area contributed by atoms with E-state index >= 15 is 0 Å². The Morgan fingerprint density at radius 2 is 1.86 bits per heavy atom. The minimum atomic E-state index is -3.82. The number of benzene rings is 2. The number of hydrogen-bond acceptors (Lipinski definition) is 5. The van der Waals surface area contributed by atoms with Gasteiger partial charge in [-0.3, -0.25) is 9.10 Å². The maximum Gasteiger partial charge on any atom is 0.267 e. The Balaban J connectivity index is 1.99. The number of sulfonamides is 1. The van der Waals surface area contributed by atoms with Gasteiger partial charge in [0, 0.05) is 17.8 Å². The highest BCUT2D eigenvalue weighted by Gasteiger charge is 2.26. The molecule has 2 aromatic carbocycles. The van der Waals surface area contributed by atoms with Gasteiger partial charge >= 0.3 is 0 Å². The predicted octanol–water partition coefficient (Wildman–Crippen LogP) is 4.18. The molecule has 8 heteroatoms. The van der Waals surface area contributed by atoms with E-state index in [2.05, 4.69) is 5.32 Å². The molecule has 0 radical (unpaired) electrons. The number of methoxy groups -OCH3 is 1. The van der Waals surface area contributed by atoms with Crippen molar-refractivity contribution in [2.75, 3.05) is 18.5 Å². The van der Waals surface area contributed by atoms with Crippen LogP contribution in [0, 0.1) is 6.92 Å². The SMILES string of the molecule is COc1ccc(C)cc1S(=O)(=O)N(C)c1ccc2sc(C(=O)NC(C)C)cc2c1. The van der Waals surface area contributed by atoms with Crippen LogP contribution in [0.15, 0.2) is 47.4 Å². The third-order valence-electron chi connectivity index (χ3n) is 4.46. The molecule has 0 saturated carbocycles. The Labute approximate surface area is 175 Å². The van der Waals surface area contributed by atoms with E-state index in [-0.39, 0.29) is 16.8 Å². The molecule has 0 spiro atoms. The second kappa shape index (κ2) is 8.04. The average Bonchev–Trinajstić information content (AvgIpc) is 3.10. The summed E-state index contributed by atoms with van der Waals surface area (Å²) < 4.78 is 33.8. The molecule has 0 atom stereocenters. The van der Waals surface area contributed by atoms with E-state index in [1.165, 1.54) is 29.8 Å². The molecule has 0 aliphatic rings. The van der Waals surface area contributed by atoms with E-state index in [0.29, 0.717) is 16.3 Å². The molecular formula is C21H24N2O4S2. The Hall–Kier alpha value is -2.58. The molecule has 1 amide bonds. The highest BCUT2D eigenvalue weighted by Crippen LogP contribution is 2.33. The van der Waals surface area contributed by atoms with Gasteiger partial charge in [-0.05, 0) is 68.1 Å². The van der Waals surface area contributed by atoms with Crippen molar-refractivity contribution in [2.45, 2.75) is 31.7 Å². The summed E-state index contributed by atoms with van der Waals surface area (Å²) in [6.07, 6.45) is 0. The largest absolute Gasteiger partial charge is 0.495 e. The molecule has 3 aromatic rings. The molecule has 0 unspecified atom stereocenters. The molecule has 1 heterocycles. The van der Waals surface area contributed by atoms with Crippen molar-refractivity contribution in [1.82, 2.24) is 5.32 Å². The van der Waals surface area contributed by atoms with Crippen LogP contribution in [0.1, 0.15) is 29.1 Å². The normalized spacial score (nSPS) is 11.7. The first kappa shape index (κ1) is 21.1. The van der Waals surface area contributed by atoms with Gasteiger partial charge in [-0.2, -0.15) is 0 Å². The smallest absolute Gasteiger partial charge is 0.267 e. The van der Waals surface area contributed by atoms with Gasteiger partial charge in [-0.25, -0.2) is 8.42 Å². The Morgan fingerprint density at radius 3 is 2.52 bits per heavy atom. The number of nitrogens with one attached hydrogen (secondary N) is 1. The second-order valence-corrected chi connectivity index (χ2v) is 10.1. The fourth-order valence-electron chi connectivity index (χ4n) is 2.94. The zero-order chi connectivity index (χ0) is 21.3. The molecule has 0 fully saturated rings. The van der Waals surface area contributed by atoms with Crippen molar-refractivity contribution in [1.29, 1.82) is 0 Å². The minimum absolute atomic E-state index is 0.0452. The molecule has 0 bridgehead atoms. The van der Waals surface area contributed by atoms with Crippen molar-refractivity contribution in [3.05, 3.63) is 52.9 Å². The van der Waals surface area contributed by atoms with Crippen LogP contribution in [0.4, 0.5) is 5.69 Å². The van der Waals surface area contributed by atoms with Crippen LogP contribution in [0.5, 0.6) is 5.75 Å². The quantitative estimate of drug-likeness (QED) is 0.634. The fourth-order valence-corrected chi connectivity index (χ4v) is 5.32. The van der Waals surface area contributed by atoms with Crippen LogP contribution in [0.25, 0.3) is 10.1 Å². The summed E-state index contributed by atoms with van der Waals surface area (Å²) >= 11 is 1.38. The van der Waals surface area contributed by atoms with Crippen molar-refractivity contribution >= 4 is 43.0 Å². The van der Waals surface area contributed by atoms with Crippen molar-refractivity contribution in [2.24, 2.45) is 0 Å². The summed E-state index contributed by atoms with van der Waals surface area (Å²) in [5.41, 5.74) is 1.33. The Kier molecular flexibility index (Phi) is 5.86. The van der Waals surface area contributed by atoms with Crippen molar-refractivity contribution < 1.29 is 17.9 Å². The molecule has 3 rings (SSSR count). The fraction of sp³-hybridized carbons (Fsp3) is 0.286. The maximum absolute atomic E-state index is 13.2. The first-order chi connectivity index (χ1) is 13.6. The van der Waals surface area contributed by atoms with Crippen LogP contribution >= 0.6 is 11.3 Å². The number of ether oxygens (including phenoxy) is 1. The van der Waals surface area contributed by atoms with Crippen molar-refractivity contribution in [3.8, 4) is 5.75 Å². The number of fused-ring (bicyclic) bond motifs is 1. The van der Waals surface area contributed by atoms with Crippen molar-refractivity contribution in [3.63, 3.8) is 0 Å². The number of anilines is 1. The number of nitrogens with zero attached hydrogens (tertiary/aromatic N) is 1. The van der Waals surface area contributed by atoms with Gasteiger partial charge in [-0.15, -0.1) is 11.3 Å². The number of rotatable bonds is 6. The molecule has 0 saturated heterocycles. The van der Waals surface area contributed by atoms with Gasteiger partial charge in [0.05, 0.1) is 17.7 Å². The molecular weight excluding hydrogens is 408 g/mol. The first-order valence-corrected chi connectivity index (χ1v) is 11.4. The molecule has 1 aromatic heterocycles. The number of carbonyl (C=O) groups is 1. The predicted molar refractivity (Wildman–Crippen MR) is 118 cm³/mol. The van der Waals surface area contributed by atoms with Crippen LogP contribution in [-0.4, -0.2) is 34.5 Å². The van der Waals surface area contributed by atoms with Crippen LogP contribution in [-0.2, 0) is 10.0 Å². The third-order valence-corrected chi connectivity index (χ3v) is 7.39. The molecule has 6 nitrogen and oxygen atoms in total. The lowest BCUT2D eigenvalue weighted by atomic mass is 10.2. The summed E-state index contributed by atoms with van der Waals surface area (Å²) in [6.45, 7) is 5.64. The lowest BCUT2D eigenvalue weighted by Crippen LogP contribution is -2.29. The number of thiophene rings is 1. The van der Waals surface area contributed by atoms with Gasteiger partial charge in [0.25, 0.3) is 15.9 Å². The molecule has 0 aliphatic heterocycles. The molecule has 1 N–H and O–H groups in total. The summed E-state index contributed by atoms with van der Waals surface area (Å²) in [5, 5.41) is 3.69. The summed E-state index contributed by atoms with van der Waals surface area (Å²) in [6, 6.07) is 12.2. The van der Waals surface area contributed by atoms with E-state index in [1.807, 2.05) is 26.8 Å². The lowest BCUT2D eigenvalue weighted by molar-refractivity contribution is 0.0947. The van der Waals surface area contributed by atoms with E-state index in [1.54, 1.807) is 36.4 Å². The zero-order valence-electron chi connectivity index (χ0n) is 17.0. The van der Waals surface area contributed by atoms with E-state index in [9.17, 15) is 13.2 Å². The van der Waals surface area contributed by atoms with Gasteiger partial charge in [0.15, 0.2) is 0 Å². The number of amides is 1. The summed E-state index contributed by atoms with van der Waals surface area (Å²) in [4.78, 5) is 13.0. The average molecular weight is 433 g/mol. The monoisotopic (exact) mass is 432 g/mol. The number of carbonyl (C=O) groups excluding carboxylic acids is 1. The maximum atomic E-state index is 13.2. The van der Waals surface area contributed by atoms with E-state index < -0.39 is 10.0 Å². The zero-order valence-corrected chi connectivity index (χ0v) is 18.6. The minimum Gasteiger partial charge on any atom is -0.495 e. The van der Waals surface area contributed by atoms with Gasteiger partial charge in [-0.1, -0.05) is 6.07 Å². The van der Waals surface area contributed by atoms with E-state index in [0.717, 1.165) is 15.6 Å². The van der Waals surface area contributed by atoms with Gasteiger partial charge < -0.3 is 10.1 Å². The summed E-state index contributed by atoms with van der Waals surface area (Å²) in [7, 11) is -0.859. The van der Waals surface area contributed by atoms with Crippen LogP contribution in [0.2, 0.25) is 0 Å².